The van der Waals surface area contributed by atoms with Crippen LogP contribution >= 0.6 is 11.6 Å². The molecule has 7 nitrogen and oxygen atoms in total. The smallest absolute Gasteiger partial charge is 0.266 e. The number of hydrogen-bond donors (Lipinski definition) is 2. The van der Waals surface area contributed by atoms with Gasteiger partial charge in [-0.25, -0.2) is 0 Å². The van der Waals surface area contributed by atoms with E-state index in [4.69, 9.17) is 21.1 Å². The third kappa shape index (κ3) is 7.10. The van der Waals surface area contributed by atoms with Gasteiger partial charge in [0.15, 0.2) is 6.61 Å². The second-order valence-electron chi connectivity index (χ2n) is 7.69. The van der Waals surface area contributed by atoms with E-state index in [1.54, 1.807) is 49.6 Å². The molecule has 0 fully saturated rings. The van der Waals surface area contributed by atoms with E-state index in [0.29, 0.717) is 33.5 Å². The van der Waals surface area contributed by atoms with Crippen LogP contribution in [-0.2, 0) is 9.59 Å². The Hall–Kier alpha value is -4.28. The number of carbonyl (C=O) groups is 2. The fourth-order valence-corrected chi connectivity index (χ4v) is 3.40. The van der Waals surface area contributed by atoms with Crippen molar-refractivity contribution in [1.29, 1.82) is 5.26 Å². The third-order valence-electron chi connectivity index (χ3n) is 5.00. The fraction of sp³-hybridized carbons (Fsp3) is 0.148. The van der Waals surface area contributed by atoms with Gasteiger partial charge in [-0.05, 0) is 74.0 Å². The molecule has 178 valence electrons. The van der Waals surface area contributed by atoms with E-state index in [2.05, 4.69) is 10.6 Å². The van der Waals surface area contributed by atoms with Crippen molar-refractivity contribution in [3.63, 3.8) is 0 Å². The summed E-state index contributed by atoms with van der Waals surface area (Å²) in [6, 6.07) is 19.0. The lowest BCUT2D eigenvalue weighted by Gasteiger charge is -2.12. The molecular formula is C27H24ClN3O4. The van der Waals surface area contributed by atoms with E-state index in [1.807, 2.05) is 38.1 Å². The molecule has 0 heterocycles. The molecule has 0 radical (unpaired) electrons. The zero-order chi connectivity index (χ0) is 25.4. The number of benzene rings is 3. The average Bonchev–Trinajstić information content (AvgIpc) is 2.84. The number of anilines is 2. The van der Waals surface area contributed by atoms with E-state index in [1.165, 1.54) is 6.08 Å². The number of rotatable bonds is 8. The van der Waals surface area contributed by atoms with Crippen molar-refractivity contribution in [2.45, 2.75) is 13.8 Å². The molecule has 0 aliphatic heterocycles. The van der Waals surface area contributed by atoms with Gasteiger partial charge in [-0.15, -0.1) is 0 Å². The van der Waals surface area contributed by atoms with E-state index in [9.17, 15) is 14.9 Å². The summed E-state index contributed by atoms with van der Waals surface area (Å²) in [5.74, 6) is -0.00714. The summed E-state index contributed by atoms with van der Waals surface area (Å²) in [6.07, 6.45) is 1.36. The van der Waals surface area contributed by atoms with Crippen LogP contribution in [0.2, 0.25) is 5.02 Å². The van der Waals surface area contributed by atoms with Crippen LogP contribution in [0.25, 0.3) is 6.08 Å². The molecule has 0 atom stereocenters. The fourth-order valence-electron chi connectivity index (χ4n) is 3.22. The zero-order valence-corrected chi connectivity index (χ0v) is 20.3. The first-order valence-electron chi connectivity index (χ1n) is 10.7. The van der Waals surface area contributed by atoms with Gasteiger partial charge >= 0.3 is 0 Å². The van der Waals surface area contributed by atoms with Gasteiger partial charge in [0, 0.05) is 22.0 Å². The Balaban J connectivity index is 1.73. The number of amides is 2. The third-order valence-corrected chi connectivity index (χ3v) is 5.23. The van der Waals surface area contributed by atoms with Crippen molar-refractivity contribution in [1.82, 2.24) is 0 Å². The number of nitrogens with zero attached hydrogens (tertiary/aromatic N) is 1. The molecule has 0 saturated heterocycles. The van der Waals surface area contributed by atoms with E-state index < -0.39 is 5.91 Å². The topological polar surface area (TPSA) is 100 Å². The molecule has 8 heteroatoms. The van der Waals surface area contributed by atoms with E-state index in [0.717, 1.165) is 11.1 Å². The van der Waals surface area contributed by atoms with Crippen molar-refractivity contribution >= 4 is 40.9 Å². The number of aryl methyl sites for hydroxylation is 2. The van der Waals surface area contributed by atoms with Crippen LogP contribution in [0.3, 0.4) is 0 Å². The van der Waals surface area contributed by atoms with Crippen LogP contribution in [0, 0.1) is 25.2 Å². The highest BCUT2D eigenvalue weighted by atomic mass is 35.5. The SMILES string of the molecule is COc1ccc(NC(=O)/C(C#N)=C\c2cc(Cl)ccc2OCC(=O)Nc2ccc(C)cc2C)cc1. The predicted octanol–water partition coefficient (Wildman–Crippen LogP) is 5.53. The van der Waals surface area contributed by atoms with Crippen molar-refractivity contribution in [3.05, 3.63) is 87.9 Å². The second kappa shape index (κ2) is 11.7. The number of carbonyl (C=O) groups excluding carboxylic acids is 2. The Morgan fingerprint density at radius 2 is 1.77 bits per heavy atom. The van der Waals surface area contributed by atoms with Crippen LogP contribution in [-0.4, -0.2) is 25.5 Å². The lowest BCUT2D eigenvalue weighted by molar-refractivity contribution is -0.118. The van der Waals surface area contributed by atoms with Gasteiger partial charge in [-0.3, -0.25) is 9.59 Å². The quantitative estimate of drug-likeness (QED) is 0.320. The summed E-state index contributed by atoms with van der Waals surface area (Å²) in [6.45, 7) is 3.62. The molecular weight excluding hydrogens is 466 g/mol. The number of ether oxygens (including phenoxy) is 2. The molecule has 0 aliphatic rings. The molecule has 0 spiro atoms. The summed E-state index contributed by atoms with van der Waals surface area (Å²) >= 11 is 6.12. The van der Waals surface area contributed by atoms with Gasteiger partial charge in [0.05, 0.1) is 7.11 Å². The first kappa shape index (κ1) is 25.3. The monoisotopic (exact) mass is 489 g/mol. The average molecular weight is 490 g/mol. The molecule has 2 N–H and O–H groups in total. The van der Waals surface area contributed by atoms with Crippen LogP contribution in [0.5, 0.6) is 11.5 Å². The van der Waals surface area contributed by atoms with Gasteiger partial charge in [-0.2, -0.15) is 5.26 Å². The first-order valence-corrected chi connectivity index (χ1v) is 11.0. The maximum Gasteiger partial charge on any atom is 0.266 e. The van der Waals surface area contributed by atoms with Gasteiger partial charge in [0.25, 0.3) is 11.8 Å². The molecule has 35 heavy (non-hydrogen) atoms. The summed E-state index contributed by atoms with van der Waals surface area (Å²) in [5, 5.41) is 15.4. The lowest BCUT2D eigenvalue weighted by Crippen LogP contribution is -2.21. The summed E-state index contributed by atoms with van der Waals surface area (Å²) in [4.78, 5) is 25.1. The molecule has 0 unspecified atom stereocenters. The highest BCUT2D eigenvalue weighted by Crippen LogP contribution is 2.26. The summed E-state index contributed by atoms with van der Waals surface area (Å²) in [5.41, 5.74) is 3.46. The maximum absolute atomic E-state index is 12.7. The van der Waals surface area contributed by atoms with Crippen LogP contribution in [0.1, 0.15) is 16.7 Å². The van der Waals surface area contributed by atoms with E-state index >= 15 is 0 Å². The molecule has 2 amide bonds. The number of nitrogens with one attached hydrogen (secondary N) is 2. The molecule has 3 aromatic carbocycles. The highest BCUT2D eigenvalue weighted by molar-refractivity contribution is 6.30. The Morgan fingerprint density at radius 3 is 2.43 bits per heavy atom. The van der Waals surface area contributed by atoms with Crippen molar-refractivity contribution in [3.8, 4) is 17.6 Å². The lowest BCUT2D eigenvalue weighted by atomic mass is 10.1. The van der Waals surface area contributed by atoms with Gasteiger partial charge in [0.1, 0.15) is 23.1 Å². The number of hydrogen-bond acceptors (Lipinski definition) is 5. The second-order valence-corrected chi connectivity index (χ2v) is 8.13. The molecule has 3 aromatic rings. The minimum Gasteiger partial charge on any atom is -0.497 e. The molecule has 0 saturated carbocycles. The van der Waals surface area contributed by atoms with Gasteiger partial charge in [0.2, 0.25) is 0 Å². The standard InChI is InChI=1S/C27H24ClN3O4/c1-17-4-10-24(18(2)12-17)31-26(32)16-35-25-11-5-21(28)14-19(25)13-20(15-29)27(33)30-22-6-8-23(34-3)9-7-22/h4-14H,16H2,1-3H3,(H,30,33)(H,31,32)/b20-13-. The zero-order valence-electron chi connectivity index (χ0n) is 19.5. The molecule has 3 rings (SSSR count). The maximum atomic E-state index is 12.7. The van der Waals surface area contributed by atoms with E-state index in [-0.39, 0.29) is 18.1 Å². The highest BCUT2D eigenvalue weighted by Gasteiger charge is 2.13. The Labute approximate surface area is 208 Å². The Morgan fingerprint density at radius 1 is 1.03 bits per heavy atom. The first-order chi connectivity index (χ1) is 16.8. The summed E-state index contributed by atoms with van der Waals surface area (Å²) in [7, 11) is 1.54. The van der Waals surface area contributed by atoms with Crippen LogP contribution in [0.15, 0.2) is 66.2 Å². The van der Waals surface area contributed by atoms with Crippen LogP contribution < -0.4 is 20.1 Å². The van der Waals surface area contributed by atoms with Gasteiger partial charge in [-0.1, -0.05) is 29.3 Å². The number of nitriles is 1. The van der Waals surface area contributed by atoms with Crippen molar-refractivity contribution in [2.24, 2.45) is 0 Å². The van der Waals surface area contributed by atoms with Crippen molar-refractivity contribution < 1.29 is 19.1 Å². The van der Waals surface area contributed by atoms with Gasteiger partial charge < -0.3 is 20.1 Å². The normalized spacial score (nSPS) is 10.8. The Kier molecular flexibility index (Phi) is 8.49. The Bertz CT molecular complexity index is 1310. The molecule has 0 aromatic heterocycles. The minimum atomic E-state index is -0.601. The summed E-state index contributed by atoms with van der Waals surface area (Å²) < 4.78 is 10.8. The largest absolute Gasteiger partial charge is 0.497 e. The minimum absolute atomic E-state index is 0.160. The van der Waals surface area contributed by atoms with Crippen molar-refractivity contribution in [2.75, 3.05) is 24.4 Å². The predicted molar refractivity (Wildman–Crippen MR) is 137 cm³/mol. The number of methoxy groups -OCH3 is 1. The number of halogens is 1. The van der Waals surface area contributed by atoms with Crippen LogP contribution in [0.4, 0.5) is 11.4 Å². The molecule has 0 aliphatic carbocycles. The molecule has 0 bridgehead atoms.